The van der Waals surface area contributed by atoms with Crippen LogP contribution in [-0.4, -0.2) is 24.2 Å². The summed E-state index contributed by atoms with van der Waals surface area (Å²) in [6.07, 6.45) is 2.46. The second-order valence-electron chi connectivity index (χ2n) is 5.32. The van der Waals surface area contributed by atoms with Gasteiger partial charge in [-0.2, -0.15) is 0 Å². The Labute approximate surface area is 120 Å². The second-order valence-corrected chi connectivity index (χ2v) is 5.32. The van der Waals surface area contributed by atoms with Crippen LogP contribution in [0.25, 0.3) is 0 Å². The molecule has 0 bridgehead atoms. The number of benzene rings is 1. The van der Waals surface area contributed by atoms with E-state index in [1.165, 1.54) is 18.2 Å². The molecule has 1 aromatic rings. The van der Waals surface area contributed by atoms with Gasteiger partial charge in [-0.25, -0.2) is 4.39 Å². The van der Waals surface area contributed by atoms with Crippen LogP contribution >= 0.6 is 0 Å². The standard InChI is InChI=1S/C16H24FNO2/c1-4-16(5-2,8-9-19)11-18-15(20)14-7-6-13(17)10-12(14)3/h6-7,10,19H,4-5,8-9,11H2,1-3H3,(H,18,20). The molecule has 0 saturated carbocycles. The number of aryl methyl sites for hydroxylation is 1. The Kier molecular flexibility index (Phi) is 6.14. The lowest BCUT2D eigenvalue weighted by Crippen LogP contribution is -2.37. The van der Waals surface area contributed by atoms with E-state index in [-0.39, 0.29) is 23.7 Å². The Morgan fingerprint density at radius 2 is 2.00 bits per heavy atom. The number of halogens is 1. The van der Waals surface area contributed by atoms with Gasteiger partial charge in [-0.3, -0.25) is 4.79 Å². The smallest absolute Gasteiger partial charge is 0.251 e. The summed E-state index contributed by atoms with van der Waals surface area (Å²) in [5.41, 5.74) is 1.05. The van der Waals surface area contributed by atoms with Gasteiger partial charge in [0.2, 0.25) is 0 Å². The van der Waals surface area contributed by atoms with Crippen molar-refractivity contribution in [3.05, 3.63) is 35.1 Å². The summed E-state index contributed by atoms with van der Waals surface area (Å²) < 4.78 is 13.0. The van der Waals surface area contributed by atoms with Crippen LogP contribution in [0.15, 0.2) is 18.2 Å². The highest BCUT2D eigenvalue weighted by molar-refractivity contribution is 5.95. The lowest BCUT2D eigenvalue weighted by atomic mass is 9.79. The molecule has 0 aliphatic heterocycles. The molecule has 4 heteroatoms. The number of carbonyl (C=O) groups excluding carboxylic acids is 1. The molecule has 20 heavy (non-hydrogen) atoms. The molecule has 2 N–H and O–H groups in total. The van der Waals surface area contributed by atoms with E-state index in [2.05, 4.69) is 19.2 Å². The first-order valence-electron chi connectivity index (χ1n) is 7.13. The molecule has 3 nitrogen and oxygen atoms in total. The van der Waals surface area contributed by atoms with Gasteiger partial charge in [-0.1, -0.05) is 13.8 Å². The maximum atomic E-state index is 13.0. The Hall–Kier alpha value is -1.42. The van der Waals surface area contributed by atoms with Gasteiger partial charge in [-0.05, 0) is 55.4 Å². The molecular weight excluding hydrogens is 257 g/mol. The third kappa shape index (κ3) is 4.04. The fraction of sp³-hybridized carbons (Fsp3) is 0.562. The number of nitrogens with one attached hydrogen (secondary N) is 1. The first kappa shape index (κ1) is 16.6. The van der Waals surface area contributed by atoms with E-state index < -0.39 is 0 Å². The highest BCUT2D eigenvalue weighted by atomic mass is 19.1. The zero-order chi connectivity index (χ0) is 15.2. The van der Waals surface area contributed by atoms with Gasteiger partial charge in [-0.15, -0.1) is 0 Å². The van der Waals surface area contributed by atoms with Crippen LogP contribution < -0.4 is 5.32 Å². The second kappa shape index (κ2) is 7.39. The number of aliphatic hydroxyl groups excluding tert-OH is 1. The molecule has 0 aliphatic carbocycles. The lowest BCUT2D eigenvalue weighted by molar-refractivity contribution is 0.0906. The van der Waals surface area contributed by atoms with Crippen LogP contribution in [-0.2, 0) is 0 Å². The van der Waals surface area contributed by atoms with Crippen molar-refractivity contribution in [2.75, 3.05) is 13.2 Å². The Bertz CT molecular complexity index is 456. The average Bonchev–Trinajstić information content (AvgIpc) is 2.43. The van der Waals surface area contributed by atoms with Crippen molar-refractivity contribution in [2.45, 2.75) is 40.0 Å². The van der Waals surface area contributed by atoms with E-state index in [9.17, 15) is 9.18 Å². The fourth-order valence-corrected chi connectivity index (χ4v) is 2.42. The Morgan fingerprint density at radius 3 is 2.50 bits per heavy atom. The van der Waals surface area contributed by atoms with Gasteiger partial charge in [0.25, 0.3) is 5.91 Å². The fourth-order valence-electron chi connectivity index (χ4n) is 2.42. The summed E-state index contributed by atoms with van der Waals surface area (Å²) >= 11 is 0. The third-order valence-electron chi connectivity index (χ3n) is 4.20. The molecule has 0 heterocycles. The molecule has 0 aromatic heterocycles. The number of aliphatic hydroxyl groups is 1. The number of carbonyl (C=O) groups is 1. The van der Waals surface area contributed by atoms with Gasteiger partial charge >= 0.3 is 0 Å². The predicted molar refractivity (Wildman–Crippen MR) is 78.2 cm³/mol. The number of rotatable bonds is 7. The van der Waals surface area contributed by atoms with Crippen LogP contribution in [0.2, 0.25) is 0 Å². The maximum Gasteiger partial charge on any atom is 0.251 e. The zero-order valence-electron chi connectivity index (χ0n) is 12.5. The molecule has 1 aromatic carbocycles. The monoisotopic (exact) mass is 281 g/mol. The number of amides is 1. The first-order valence-corrected chi connectivity index (χ1v) is 7.13. The number of hydrogen-bond acceptors (Lipinski definition) is 2. The van der Waals surface area contributed by atoms with Crippen LogP contribution in [0, 0.1) is 18.2 Å². The molecule has 0 saturated heterocycles. The summed E-state index contributed by atoms with van der Waals surface area (Å²) in [4.78, 5) is 12.2. The van der Waals surface area contributed by atoms with Crippen LogP contribution in [0.3, 0.4) is 0 Å². The highest BCUT2D eigenvalue weighted by Gasteiger charge is 2.26. The molecule has 0 spiro atoms. The molecule has 1 rings (SSSR count). The number of hydrogen-bond donors (Lipinski definition) is 2. The van der Waals surface area contributed by atoms with E-state index in [0.29, 0.717) is 24.1 Å². The highest BCUT2D eigenvalue weighted by Crippen LogP contribution is 2.29. The van der Waals surface area contributed by atoms with E-state index in [1.807, 2.05) is 0 Å². The van der Waals surface area contributed by atoms with Gasteiger partial charge in [0.15, 0.2) is 0 Å². The SMILES string of the molecule is CCC(CC)(CCO)CNC(=O)c1ccc(F)cc1C. The molecule has 1 amide bonds. The molecule has 0 fully saturated rings. The van der Waals surface area contributed by atoms with Crippen LogP contribution in [0.4, 0.5) is 4.39 Å². The molecule has 112 valence electrons. The Morgan fingerprint density at radius 1 is 1.35 bits per heavy atom. The van der Waals surface area contributed by atoms with Crippen LogP contribution in [0.1, 0.15) is 49.0 Å². The largest absolute Gasteiger partial charge is 0.396 e. The summed E-state index contributed by atoms with van der Waals surface area (Å²) in [6.45, 7) is 6.49. The predicted octanol–water partition coefficient (Wildman–Crippen LogP) is 3.05. The van der Waals surface area contributed by atoms with Gasteiger partial charge in [0.05, 0.1) is 0 Å². The minimum Gasteiger partial charge on any atom is -0.396 e. The summed E-state index contributed by atoms with van der Waals surface area (Å²) in [6, 6.07) is 4.16. The van der Waals surface area contributed by atoms with E-state index in [1.54, 1.807) is 6.92 Å². The third-order valence-corrected chi connectivity index (χ3v) is 4.20. The quantitative estimate of drug-likeness (QED) is 0.807. The van der Waals surface area contributed by atoms with Crippen molar-refractivity contribution >= 4 is 5.91 Å². The van der Waals surface area contributed by atoms with Crippen molar-refractivity contribution in [3.8, 4) is 0 Å². The molecule has 0 atom stereocenters. The van der Waals surface area contributed by atoms with Crippen molar-refractivity contribution in [1.29, 1.82) is 0 Å². The van der Waals surface area contributed by atoms with E-state index >= 15 is 0 Å². The average molecular weight is 281 g/mol. The summed E-state index contributed by atoms with van der Waals surface area (Å²) in [5.74, 6) is -0.525. The Balaban J connectivity index is 2.75. The van der Waals surface area contributed by atoms with Crippen molar-refractivity contribution in [1.82, 2.24) is 5.32 Å². The van der Waals surface area contributed by atoms with E-state index in [4.69, 9.17) is 5.11 Å². The van der Waals surface area contributed by atoms with E-state index in [0.717, 1.165) is 12.8 Å². The molecular formula is C16H24FNO2. The minimum absolute atomic E-state index is 0.0711. The maximum absolute atomic E-state index is 13.0. The lowest BCUT2D eigenvalue weighted by Gasteiger charge is -2.31. The van der Waals surface area contributed by atoms with Crippen molar-refractivity contribution in [3.63, 3.8) is 0 Å². The molecule has 0 radical (unpaired) electrons. The summed E-state index contributed by atoms with van der Waals surface area (Å²) in [7, 11) is 0. The summed E-state index contributed by atoms with van der Waals surface area (Å²) in [5, 5.41) is 12.1. The first-order chi connectivity index (χ1) is 9.48. The van der Waals surface area contributed by atoms with Crippen molar-refractivity contribution < 1.29 is 14.3 Å². The molecule has 0 unspecified atom stereocenters. The topological polar surface area (TPSA) is 49.3 Å². The molecule has 0 aliphatic rings. The van der Waals surface area contributed by atoms with Gasteiger partial charge in [0.1, 0.15) is 5.82 Å². The van der Waals surface area contributed by atoms with Crippen LogP contribution in [0.5, 0.6) is 0 Å². The van der Waals surface area contributed by atoms with Crippen molar-refractivity contribution in [2.24, 2.45) is 5.41 Å². The zero-order valence-corrected chi connectivity index (χ0v) is 12.5. The normalized spacial score (nSPS) is 11.4. The minimum atomic E-state index is -0.337. The van der Waals surface area contributed by atoms with Gasteiger partial charge in [0, 0.05) is 18.7 Å². The van der Waals surface area contributed by atoms with Gasteiger partial charge < -0.3 is 10.4 Å².